The monoisotopic (exact) mass is 412 g/mol. The van der Waals surface area contributed by atoms with Crippen molar-refractivity contribution in [2.24, 2.45) is 11.1 Å². The standard InChI is InChI=1S/C22H33FN2O2.ClH/c1-4-27-18-14-22(24,20(18,2)3)19(26)25-15-21(11-6-5-7-12-21)16-9-8-10-17(23)13-16;/h8-10,13,18H,4-7,11-12,14-15,24H2,1-3H3,(H,25,26);1H. The molecule has 6 heteroatoms. The Morgan fingerprint density at radius 2 is 1.96 bits per heavy atom. The predicted molar refractivity (Wildman–Crippen MR) is 112 cm³/mol. The number of nitrogens with two attached hydrogens (primary N) is 1. The summed E-state index contributed by atoms with van der Waals surface area (Å²) in [5.41, 5.74) is 5.95. The van der Waals surface area contributed by atoms with E-state index >= 15 is 0 Å². The molecule has 1 aromatic carbocycles. The van der Waals surface area contributed by atoms with Crippen LogP contribution in [0.15, 0.2) is 24.3 Å². The number of halogens is 2. The number of hydrogen-bond acceptors (Lipinski definition) is 3. The third-order valence-electron chi connectivity index (χ3n) is 7.07. The highest BCUT2D eigenvalue weighted by molar-refractivity contribution is 5.89. The van der Waals surface area contributed by atoms with E-state index in [1.807, 2.05) is 26.8 Å². The number of benzene rings is 1. The molecule has 4 nitrogen and oxygen atoms in total. The van der Waals surface area contributed by atoms with Gasteiger partial charge in [0.05, 0.1) is 6.10 Å². The average molecular weight is 413 g/mol. The van der Waals surface area contributed by atoms with E-state index in [0.717, 1.165) is 31.2 Å². The van der Waals surface area contributed by atoms with Crippen LogP contribution in [0.1, 0.15) is 64.9 Å². The zero-order valence-corrected chi connectivity index (χ0v) is 18.0. The summed E-state index contributed by atoms with van der Waals surface area (Å²) in [6.45, 7) is 7.08. The van der Waals surface area contributed by atoms with Crippen molar-refractivity contribution in [3.05, 3.63) is 35.6 Å². The summed E-state index contributed by atoms with van der Waals surface area (Å²) in [6.07, 6.45) is 5.83. The van der Waals surface area contributed by atoms with E-state index < -0.39 is 11.0 Å². The summed E-state index contributed by atoms with van der Waals surface area (Å²) in [6, 6.07) is 6.83. The highest BCUT2D eigenvalue weighted by Crippen LogP contribution is 2.50. The normalized spacial score (nSPS) is 28.0. The number of hydrogen-bond donors (Lipinski definition) is 2. The van der Waals surface area contributed by atoms with Crippen LogP contribution < -0.4 is 11.1 Å². The molecule has 28 heavy (non-hydrogen) atoms. The Morgan fingerprint density at radius 3 is 2.54 bits per heavy atom. The Labute approximate surface area is 174 Å². The zero-order valence-electron chi connectivity index (χ0n) is 17.2. The molecule has 0 heterocycles. The van der Waals surface area contributed by atoms with Gasteiger partial charge in [0.25, 0.3) is 0 Å². The second-order valence-corrected chi connectivity index (χ2v) is 8.88. The lowest BCUT2D eigenvalue weighted by atomic mass is 9.54. The predicted octanol–water partition coefficient (Wildman–Crippen LogP) is 4.10. The van der Waals surface area contributed by atoms with Gasteiger partial charge < -0.3 is 15.8 Å². The molecule has 2 saturated carbocycles. The summed E-state index contributed by atoms with van der Waals surface area (Å²) in [5, 5.41) is 3.13. The molecule has 0 bridgehead atoms. The largest absolute Gasteiger partial charge is 0.378 e. The molecule has 3 N–H and O–H groups in total. The molecular weight excluding hydrogens is 379 g/mol. The lowest BCUT2D eigenvalue weighted by Gasteiger charge is -2.57. The van der Waals surface area contributed by atoms with Gasteiger partial charge in [-0.25, -0.2) is 4.39 Å². The minimum Gasteiger partial charge on any atom is -0.378 e. The molecule has 1 aromatic rings. The van der Waals surface area contributed by atoms with Gasteiger partial charge in [-0.15, -0.1) is 12.4 Å². The van der Waals surface area contributed by atoms with Crippen molar-refractivity contribution in [2.75, 3.05) is 13.2 Å². The molecule has 0 aromatic heterocycles. The van der Waals surface area contributed by atoms with Crippen molar-refractivity contribution in [2.45, 2.75) is 76.4 Å². The molecule has 0 saturated heterocycles. The maximum Gasteiger partial charge on any atom is 0.240 e. The minimum atomic E-state index is -0.926. The van der Waals surface area contributed by atoms with Crippen LogP contribution in [-0.2, 0) is 14.9 Å². The molecule has 1 amide bonds. The first kappa shape index (κ1) is 23.1. The highest BCUT2D eigenvalue weighted by atomic mass is 35.5. The molecule has 0 radical (unpaired) electrons. The van der Waals surface area contributed by atoms with Gasteiger partial charge in [-0.3, -0.25) is 4.79 Å². The Bertz CT molecular complexity index is 691. The minimum absolute atomic E-state index is 0. The third kappa shape index (κ3) is 3.94. The Morgan fingerprint density at radius 1 is 1.29 bits per heavy atom. The van der Waals surface area contributed by atoms with E-state index in [9.17, 15) is 9.18 Å². The van der Waals surface area contributed by atoms with Gasteiger partial charge in [-0.05, 0) is 37.5 Å². The van der Waals surface area contributed by atoms with Gasteiger partial charge in [-0.2, -0.15) is 0 Å². The Balaban J connectivity index is 0.00000280. The molecule has 2 unspecified atom stereocenters. The smallest absolute Gasteiger partial charge is 0.240 e. The zero-order chi connectivity index (χ0) is 19.7. The van der Waals surface area contributed by atoms with Crippen LogP contribution in [0.5, 0.6) is 0 Å². The first-order valence-corrected chi connectivity index (χ1v) is 10.2. The number of nitrogens with one attached hydrogen (secondary N) is 1. The first-order valence-electron chi connectivity index (χ1n) is 10.2. The highest BCUT2D eigenvalue weighted by Gasteiger charge is 2.63. The van der Waals surface area contributed by atoms with E-state index in [1.165, 1.54) is 12.5 Å². The van der Waals surface area contributed by atoms with Gasteiger partial charge in [0.1, 0.15) is 11.4 Å². The van der Waals surface area contributed by atoms with Crippen molar-refractivity contribution in [1.29, 1.82) is 0 Å². The van der Waals surface area contributed by atoms with E-state index in [4.69, 9.17) is 10.5 Å². The summed E-state index contributed by atoms with van der Waals surface area (Å²) in [7, 11) is 0. The number of carbonyl (C=O) groups is 1. The molecular formula is C22H34ClFN2O2. The first-order chi connectivity index (χ1) is 12.7. The topological polar surface area (TPSA) is 64.3 Å². The fourth-order valence-electron chi connectivity index (χ4n) is 4.84. The van der Waals surface area contributed by atoms with Crippen LogP contribution in [0.25, 0.3) is 0 Å². The Hall–Kier alpha value is -1.17. The Kier molecular flexibility index (Phi) is 7.17. The third-order valence-corrected chi connectivity index (χ3v) is 7.07. The van der Waals surface area contributed by atoms with Gasteiger partial charge in [0, 0.05) is 30.4 Å². The van der Waals surface area contributed by atoms with E-state index in [0.29, 0.717) is 19.6 Å². The molecule has 158 valence electrons. The lowest BCUT2D eigenvalue weighted by molar-refractivity contribution is -0.170. The fraction of sp³-hybridized carbons (Fsp3) is 0.682. The second-order valence-electron chi connectivity index (χ2n) is 8.88. The average Bonchev–Trinajstić information content (AvgIpc) is 2.66. The van der Waals surface area contributed by atoms with Crippen LogP contribution in [0.2, 0.25) is 0 Å². The lowest BCUT2D eigenvalue weighted by Crippen LogP contribution is -2.76. The maximum absolute atomic E-state index is 13.8. The number of amides is 1. The van der Waals surface area contributed by atoms with E-state index in [1.54, 1.807) is 12.1 Å². The molecule has 2 atom stereocenters. The van der Waals surface area contributed by atoms with Gasteiger partial charge >= 0.3 is 0 Å². The summed E-state index contributed by atoms with van der Waals surface area (Å²) in [4.78, 5) is 13.0. The van der Waals surface area contributed by atoms with Gasteiger partial charge in [0.2, 0.25) is 5.91 Å². The van der Waals surface area contributed by atoms with Crippen LogP contribution in [-0.4, -0.2) is 30.7 Å². The molecule has 0 spiro atoms. The van der Waals surface area contributed by atoms with Crippen LogP contribution in [0.3, 0.4) is 0 Å². The molecule has 0 aliphatic heterocycles. The van der Waals surface area contributed by atoms with Crippen molar-refractivity contribution >= 4 is 18.3 Å². The maximum atomic E-state index is 13.8. The van der Waals surface area contributed by atoms with Gasteiger partial charge in [0.15, 0.2) is 0 Å². The van der Waals surface area contributed by atoms with Crippen LogP contribution >= 0.6 is 12.4 Å². The molecule has 2 fully saturated rings. The summed E-state index contributed by atoms with van der Waals surface area (Å²) >= 11 is 0. The van der Waals surface area contributed by atoms with E-state index in [-0.39, 0.29) is 35.7 Å². The van der Waals surface area contributed by atoms with Crippen LogP contribution in [0.4, 0.5) is 4.39 Å². The van der Waals surface area contributed by atoms with Crippen molar-refractivity contribution in [3.63, 3.8) is 0 Å². The number of rotatable bonds is 6. The molecule has 2 aliphatic carbocycles. The summed E-state index contributed by atoms with van der Waals surface area (Å²) in [5.74, 6) is -0.344. The number of carbonyl (C=O) groups excluding carboxylic acids is 1. The SMILES string of the molecule is CCOC1CC(N)(C(=O)NCC2(c3cccc(F)c3)CCCCC2)C1(C)C.Cl. The van der Waals surface area contributed by atoms with E-state index in [2.05, 4.69) is 5.32 Å². The summed E-state index contributed by atoms with van der Waals surface area (Å²) < 4.78 is 19.6. The molecule has 2 aliphatic rings. The number of ether oxygens (including phenoxy) is 1. The van der Waals surface area contributed by atoms with Crippen LogP contribution in [0, 0.1) is 11.2 Å². The second kappa shape index (κ2) is 8.68. The molecule has 3 rings (SSSR count). The van der Waals surface area contributed by atoms with Crippen molar-refractivity contribution in [3.8, 4) is 0 Å². The van der Waals surface area contributed by atoms with Crippen molar-refractivity contribution in [1.82, 2.24) is 5.32 Å². The van der Waals surface area contributed by atoms with Crippen molar-refractivity contribution < 1.29 is 13.9 Å². The quantitative estimate of drug-likeness (QED) is 0.739. The fourth-order valence-corrected chi connectivity index (χ4v) is 4.84. The van der Waals surface area contributed by atoms with Gasteiger partial charge in [-0.1, -0.05) is 45.2 Å².